The average Bonchev–Trinajstić information content (AvgIpc) is 2.70. The fourth-order valence-corrected chi connectivity index (χ4v) is 4.89. The molecule has 2 fully saturated rings. The lowest BCUT2D eigenvalue weighted by Crippen LogP contribution is -2.47. The number of methoxy groups -OCH3 is 1. The van der Waals surface area contributed by atoms with Crippen LogP contribution in [0.3, 0.4) is 0 Å². The summed E-state index contributed by atoms with van der Waals surface area (Å²) in [6.07, 6.45) is 6.93. The van der Waals surface area contributed by atoms with Gasteiger partial charge in [-0.05, 0) is 35.8 Å². The molecule has 3 heteroatoms. The highest BCUT2D eigenvalue weighted by atomic mass is 16.5. The summed E-state index contributed by atoms with van der Waals surface area (Å²) in [6, 6.07) is 13.8. The molecule has 1 aliphatic carbocycles. The molecule has 1 saturated heterocycles. The highest BCUT2D eigenvalue weighted by molar-refractivity contribution is 5.91. The second kappa shape index (κ2) is 7.76. The van der Waals surface area contributed by atoms with E-state index in [1.165, 1.54) is 48.4 Å². The fraction of sp³-hybridized carbons (Fsp3) is 0.545. The zero-order chi connectivity index (χ0) is 17.1. The number of hydrogen-bond donors (Lipinski definition) is 1. The van der Waals surface area contributed by atoms with Crippen LogP contribution in [0, 0.1) is 5.92 Å². The number of nitrogens with one attached hydrogen (secondary N) is 1. The van der Waals surface area contributed by atoms with E-state index >= 15 is 0 Å². The standard InChI is InChI=1S/C22H30N2O/c1-25-21-12-11-20(18-9-5-6-10-19(18)21)22(17-7-3-2-4-8-17)24-15-13-23-14-16-24/h5-6,9-12,17,22-23H,2-4,7-8,13-16H2,1H3/t22-/m0/s1. The first-order valence-corrected chi connectivity index (χ1v) is 9.89. The fourth-order valence-electron chi connectivity index (χ4n) is 4.89. The van der Waals surface area contributed by atoms with Gasteiger partial charge >= 0.3 is 0 Å². The van der Waals surface area contributed by atoms with Crippen molar-refractivity contribution in [1.29, 1.82) is 0 Å². The van der Waals surface area contributed by atoms with Gasteiger partial charge in [-0.3, -0.25) is 4.90 Å². The van der Waals surface area contributed by atoms with Crippen LogP contribution in [-0.4, -0.2) is 38.2 Å². The van der Waals surface area contributed by atoms with E-state index in [2.05, 4.69) is 46.6 Å². The molecule has 1 saturated carbocycles. The Hall–Kier alpha value is -1.58. The quantitative estimate of drug-likeness (QED) is 0.895. The molecule has 25 heavy (non-hydrogen) atoms. The van der Waals surface area contributed by atoms with Gasteiger partial charge < -0.3 is 10.1 Å². The minimum absolute atomic E-state index is 0.540. The Labute approximate surface area is 151 Å². The van der Waals surface area contributed by atoms with Crippen LogP contribution >= 0.6 is 0 Å². The van der Waals surface area contributed by atoms with Crippen molar-refractivity contribution in [3.63, 3.8) is 0 Å². The molecule has 4 rings (SSSR count). The van der Waals surface area contributed by atoms with Crippen LogP contribution in [-0.2, 0) is 0 Å². The van der Waals surface area contributed by atoms with Gasteiger partial charge in [-0.2, -0.15) is 0 Å². The highest BCUT2D eigenvalue weighted by Gasteiger charge is 2.32. The molecule has 2 aliphatic rings. The molecule has 134 valence electrons. The number of benzene rings is 2. The van der Waals surface area contributed by atoms with E-state index in [9.17, 15) is 0 Å². The van der Waals surface area contributed by atoms with Gasteiger partial charge in [0.15, 0.2) is 0 Å². The SMILES string of the molecule is COc1ccc([C@H](C2CCCCC2)N2CCNCC2)c2ccccc12. The molecule has 0 radical (unpaired) electrons. The Morgan fingerprint density at radius 3 is 2.40 bits per heavy atom. The average molecular weight is 338 g/mol. The van der Waals surface area contributed by atoms with Gasteiger partial charge in [0.25, 0.3) is 0 Å². The normalized spacial score (nSPS) is 21.3. The van der Waals surface area contributed by atoms with E-state index in [-0.39, 0.29) is 0 Å². The molecule has 0 bridgehead atoms. The van der Waals surface area contributed by atoms with Gasteiger partial charge in [0.2, 0.25) is 0 Å². The van der Waals surface area contributed by atoms with E-state index in [1.807, 2.05) is 0 Å². The van der Waals surface area contributed by atoms with E-state index in [1.54, 1.807) is 7.11 Å². The summed E-state index contributed by atoms with van der Waals surface area (Å²) in [5, 5.41) is 6.14. The van der Waals surface area contributed by atoms with Crippen LogP contribution < -0.4 is 10.1 Å². The Bertz CT molecular complexity index is 684. The van der Waals surface area contributed by atoms with Crippen LogP contribution in [0.5, 0.6) is 5.75 Å². The third kappa shape index (κ3) is 3.40. The second-order valence-electron chi connectivity index (χ2n) is 7.53. The Morgan fingerprint density at radius 1 is 0.960 bits per heavy atom. The van der Waals surface area contributed by atoms with E-state index in [0.29, 0.717) is 6.04 Å². The van der Waals surface area contributed by atoms with Crippen molar-refractivity contribution < 1.29 is 4.74 Å². The zero-order valence-corrected chi connectivity index (χ0v) is 15.3. The lowest BCUT2D eigenvalue weighted by molar-refractivity contribution is 0.104. The number of nitrogens with zero attached hydrogens (tertiary/aromatic N) is 1. The molecule has 1 aliphatic heterocycles. The minimum atomic E-state index is 0.540. The lowest BCUT2D eigenvalue weighted by atomic mass is 9.79. The summed E-state index contributed by atoms with van der Waals surface area (Å²) in [6.45, 7) is 4.53. The van der Waals surface area contributed by atoms with E-state index in [0.717, 1.165) is 37.8 Å². The van der Waals surface area contributed by atoms with Crippen molar-refractivity contribution in [2.45, 2.75) is 38.1 Å². The summed E-state index contributed by atoms with van der Waals surface area (Å²) in [5.41, 5.74) is 1.50. The van der Waals surface area contributed by atoms with Crippen LogP contribution in [0.1, 0.15) is 43.7 Å². The third-order valence-corrected chi connectivity index (χ3v) is 6.10. The van der Waals surface area contributed by atoms with Crippen molar-refractivity contribution in [1.82, 2.24) is 10.2 Å². The summed E-state index contributed by atoms with van der Waals surface area (Å²) >= 11 is 0. The lowest BCUT2D eigenvalue weighted by Gasteiger charge is -2.41. The number of piperazine rings is 1. The highest BCUT2D eigenvalue weighted by Crippen LogP contribution is 2.42. The molecule has 2 aromatic rings. The molecular weight excluding hydrogens is 308 g/mol. The van der Waals surface area contributed by atoms with Crippen molar-refractivity contribution >= 4 is 10.8 Å². The van der Waals surface area contributed by atoms with Gasteiger partial charge in [0.05, 0.1) is 7.11 Å². The maximum atomic E-state index is 5.63. The predicted octanol–water partition coefficient (Wildman–Crippen LogP) is 4.38. The molecule has 0 unspecified atom stereocenters. The van der Waals surface area contributed by atoms with Crippen LogP contribution in [0.25, 0.3) is 10.8 Å². The minimum Gasteiger partial charge on any atom is -0.496 e. The molecule has 0 aromatic heterocycles. The van der Waals surface area contributed by atoms with Gasteiger partial charge in [0, 0.05) is 37.6 Å². The summed E-state index contributed by atoms with van der Waals surface area (Å²) in [4.78, 5) is 2.74. The van der Waals surface area contributed by atoms with Gasteiger partial charge in [-0.1, -0.05) is 49.6 Å². The van der Waals surface area contributed by atoms with Gasteiger partial charge in [0.1, 0.15) is 5.75 Å². The van der Waals surface area contributed by atoms with E-state index < -0.39 is 0 Å². The Balaban J connectivity index is 1.79. The third-order valence-electron chi connectivity index (χ3n) is 6.10. The van der Waals surface area contributed by atoms with Crippen molar-refractivity contribution in [3.05, 3.63) is 42.0 Å². The first-order chi connectivity index (χ1) is 12.4. The smallest absolute Gasteiger partial charge is 0.126 e. The maximum Gasteiger partial charge on any atom is 0.126 e. The van der Waals surface area contributed by atoms with Crippen LogP contribution in [0.4, 0.5) is 0 Å². The van der Waals surface area contributed by atoms with Crippen LogP contribution in [0.2, 0.25) is 0 Å². The number of hydrogen-bond acceptors (Lipinski definition) is 3. The topological polar surface area (TPSA) is 24.5 Å². The molecular formula is C22H30N2O. The molecule has 0 spiro atoms. The summed E-state index contributed by atoms with van der Waals surface area (Å²) < 4.78 is 5.63. The van der Waals surface area contributed by atoms with Crippen molar-refractivity contribution in [2.75, 3.05) is 33.3 Å². The predicted molar refractivity (Wildman–Crippen MR) is 104 cm³/mol. The second-order valence-corrected chi connectivity index (χ2v) is 7.53. The van der Waals surface area contributed by atoms with Crippen molar-refractivity contribution in [3.8, 4) is 5.75 Å². The molecule has 1 atom stereocenters. The summed E-state index contributed by atoms with van der Waals surface area (Å²) in [5.74, 6) is 1.77. The molecule has 1 heterocycles. The Morgan fingerprint density at radius 2 is 1.68 bits per heavy atom. The zero-order valence-electron chi connectivity index (χ0n) is 15.3. The number of fused-ring (bicyclic) bond motifs is 1. The van der Waals surface area contributed by atoms with E-state index in [4.69, 9.17) is 4.74 Å². The van der Waals surface area contributed by atoms with Gasteiger partial charge in [-0.25, -0.2) is 0 Å². The monoisotopic (exact) mass is 338 g/mol. The summed E-state index contributed by atoms with van der Waals surface area (Å²) in [7, 11) is 1.77. The molecule has 0 amide bonds. The largest absolute Gasteiger partial charge is 0.496 e. The van der Waals surface area contributed by atoms with Crippen LogP contribution in [0.15, 0.2) is 36.4 Å². The first kappa shape index (κ1) is 16.9. The molecule has 1 N–H and O–H groups in total. The maximum absolute atomic E-state index is 5.63. The number of rotatable bonds is 4. The first-order valence-electron chi connectivity index (χ1n) is 9.89. The number of ether oxygens (including phenoxy) is 1. The molecule has 2 aromatic carbocycles. The molecule has 3 nitrogen and oxygen atoms in total. The van der Waals surface area contributed by atoms with Crippen molar-refractivity contribution in [2.24, 2.45) is 5.92 Å². The van der Waals surface area contributed by atoms with Gasteiger partial charge in [-0.15, -0.1) is 0 Å². The Kier molecular flexibility index (Phi) is 5.23.